The van der Waals surface area contributed by atoms with Gasteiger partial charge in [-0.25, -0.2) is 5.01 Å². The van der Waals surface area contributed by atoms with Crippen LogP contribution in [0.1, 0.15) is 50.3 Å². The molecule has 5 rings (SSSR count). The summed E-state index contributed by atoms with van der Waals surface area (Å²) >= 11 is 3.57. The van der Waals surface area contributed by atoms with Gasteiger partial charge in [0.25, 0.3) is 0 Å². The standard InChI is InChI=1S/C23H23BrF2N2O3/c1-22(2)13-23(9-10-29-22)28-19(17-11-15(24)5-8-20(17)31-23)12-18(27-28)14-3-6-16(7-4-14)30-21(25)26/h3-8,11,19,21H,9-10,12-13H2,1-2H3/t19-,23-/m0/s1. The topological polar surface area (TPSA) is 43.3 Å². The quantitative estimate of drug-likeness (QED) is 0.536. The molecule has 3 heterocycles. The van der Waals surface area contributed by atoms with Crippen molar-refractivity contribution in [2.75, 3.05) is 6.61 Å². The minimum Gasteiger partial charge on any atom is -0.466 e. The van der Waals surface area contributed by atoms with Crippen LogP contribution in [0.15, 0.2) is 52.0 Å². The molecule has 2 atom stereocenters. The van der Waals surface area contributed by atoms with Gasteiger partial charge in [-0.1, -0.05) is 15.9 Å². The lowest BCUT2D eigenvalue weighted by Crippen LogP contribution is -2.60. The highest BCUT2D eigenvalue weighted by Crippen LogP contribution is 2.52. The van der Waals surface area contributed by atoms with Crippen molar-refractivity contribution in [3.05, 3.63) is 58.1 Å². The summed E-state index contributed by atoms with van der Waals surface area (Å²) in [6, 6.07) is 12.8. The second-order valence-corrected chi connectivity index (χ2v) is 9.70. The van der Waals surface area contributed by atoms with Gasteiger partial charge < -0.3 is 14.2 Å². The molecule has 5 nitrogen and oxygen atoms in total. The van der Waals surface area contributed by atoms with Crippen LogP contribution in [-0.2, 0) is 4.74 Å². The van der Waals surface area contributed by atoms with Crippen molar-refractivity contribution in [2.45, 2.75) is 57.1 Å². The van der Waals surface area contributed by atoms with Crippen molar-refractivity contribution >= 4 is 21.6 Å². The van der Waals surface area contributed by atoms with E-state index in [1.54, 1.807) is 24.3 Å². The molecular formula is C23H23BrF2N2O3. The fourth-order valence-corrected chi connectivity index (χ4v) is 5.21. The summed E-state index contributed by atoms with van der Waals surface area (Å²) < 4.78 is 43.0. The molecule has 164 valence electrons. The average Bonchev–Trinajstić information content (AvgIpc) is 3.15. The molecule has 31 heavy (non-hydrogen) atoms. The van der Waals surface area contributed by atoms with Crippen LogP contribution in [0.3, 0.4) is 0 Å². The number of fused-ring (bicyclic) bond motifs is 4. The fourth-order valence-electron chi connectivity index (χ4n) is 4.83. The second kappa shape index (κ2) is 7.45. The molecule has 2 aromatic carbocycles. The largest absolute Gasteiger partial charge is 0.466 e. The third-order valence-corrected chi connectivity index (χ3v) is 6.55. The molecule has 0 amide bonds. The van der Waals surface area contributed by atoms with E-state index < -0.39 is 12.3 Å². The van der Waals surface area contributed by atoms with Crippen molar-refractivity contribution in [3.63, 3.8) is 0 Å². The van der Waals surface area contributed by atoms with Crippen molar-refractivity contribution in [1.29, 1.82) is 0 Å². The summed E-state index contributed by atoms with van der Waals surface area (Å²) in [6.07, 6.45) is 2.09. The van der Waals surface area contributed by atoms with Crippen LogP contribution >= 0.6 is 15.9 Å². The van der Waals surface area contributed by atoms with E-state index in [9.17, 15) is 8.78 Å². The number of ether oxygens (including phenoxy) is 3. The van der Waals surface area contributed by atoms with E-state index in [2.05, 4.69) is 45.6 Å². The maximum absolute atomic E-state index is 12.5. The van der Waals surface area contributed by atoms with E-state index in [4.69, 9.17) is 14.6 Å². The first kappa shape index (κ1) is 20.7. The van der Waals surface area contributed by atoms with Gasteiger partial charge >= 0.3 is 6.61 Å². The molecule has 0 unspecified atom stereocenters. The van der Waals surface area contributed by atoms with Crippen LogP contribution in [0.4, 0.5) is 8.78 Å². The normalized spacial score (nSPS) is 26.3. The van der Waals surface area contributed by atoms with E-state index in [-0.39, 0.29) is 17.4 Å². The SMILES string of the molecule is CC1(C)C[C@]2(CCO1)Oc1ccc(Br)cc1[C@@H]1CC(c3ccc(OC(F)F)cc3)=NN12. The summed E-state index contributed by atoms with van der Waals surface area (Å²) in [5.41, 5.74) is 1.94. The summed E-state index contributed by atoms with van der Waals surface area (Å²) in [4.78, 5) is 0. The monoisotopic (exact) mass is 492 g/mol. The lowest BCUT2D eigenvalue weighted by Gasteiger charge is -2.52. The molecule has 0 N–H and O–H groups in total. The van der Waals surface area contributed by atoms with Crippen LogP contribution in [-0.4, -0.2) is 35.3 Å². The van der Waals surface area contributed by atoms with E-state index >= 15 is 0 Å². The average molecular weight is 493 g/mol. The zero-order valence-electron chi connectivity index (χ0n) is 17.3. The molecule has 0 bridgehead atoms. The summed E-state index contributed by atoms with van der Waals surface area (Å²) in [5, 5.41) is 7.11. The second-order valence-electron chi connectivity index (χ2n) is 8.78. The van der Waals surface area contributed by atoms with Crippen molar-refractivity contribution in [3.8, 4) is 11.5 Å². The van der Waals surface area contributed by atoms with Gasteiger partial charge in [0.2, 0.25) is 5.72 Å². The molecule has 0 radical (unpaired) electrons. The first-order chi connectivity index (χ1) is 14.7. The number of hydrogen-bond donors (Lipinski definition) is 0. The highest BCUT2D eigenvalue weighted by atomic mass is 79.9. The number of hydrogen-bond acceptors (Lipinski definition) is 5. The molecule has 3 aliphatic heterocycles. The molecule has 2 aromatic rings. The number of nitrogens with zero attached hydrogens (tertiary/aromatic N) is 2. The van der Waals surface area contributed by atoms with Crippen LogP contribution in [0, 0.1) is 0 Å². The first-order valence-corrected chi connectivity index (χ1v) is 11.1. The Bertz CT molecular complexity index is 1030. The van der Waals surface area contributed by atoms with Gasteiger partial charge in [0.05, 0.1) is 24.0 Å². The lowest BCUT2D eigenvalue weighted by molar-refractivity contribution is -0.212. The third-order valence-electron chi connectivity index (χ3n) is 6.06. The Morgan fingerprint density at radius 1 is 1.19 bits per heavy atom. The van der Waals surface area contributed by atoms with E-state index in [0.717, 1.165) is 27.1 Å². The minimum absolute atomic E-state index is 0.0298. The predicted molar refractivity (Wildman–Crippen MR) is 116 cm³/mol. The maximum Gasteiger partial charge on any atom is 0.387 e. The Labute approximate surface area is 188 Å². The van der Waals surface area contributed by atoms with Gasteiger partial charge in [-0.3, -0.25) is 0 Å². The molecule has 1 saturated heterocycles. The molecule has 0 aromatic heterocycles. The smallest absolute Gasteiger partial charge is 0.387 e. The Morgan fingerprint density at radius 2 is 1.97 bits per heavy atom. The fraction of sp³-hybridized carbons (Fsp3) is 0.435. The van der Waals surface area contributed by atoms with Gasteiger partial charge in [-0.05, 0) is 61.9 Å². The van der Waals surface area contributed by atoms with Gasteiger partial charge in [-0.15, -0.1) is 0 Å². The van der Waals surface area contributed by atoms with Gasteiger partial charge in [0.15, 0.2) is 0 Å². The molecular weight excluding hydrogens is 470 g/mol. The van der Waals surface area contributed by atoms with Gasteiger partial charge in [0, 0.05) is 29.3 Å². The minimum atomic E-state index is -2.84. The van der Waals surface area contributed by atoms with Crippen LogP contribution in [0.5, 0.6) is 11.5 Å². The van der Waals surface area contributed by atoms with Gasteiger partial charge in [0.1, 0.15) is 11.5 Å². The molecule has 0 saturated carbocycles. The van der Waals surface area contributed by atoms with E-state index in [1.807, 2.05) is 12.1 Å². The van der Waals surface area contributed by atoms with Crippen LogP contribution in [0.2, 0.25) is 0 Å². The number of benzene rings is 2. The molecule has 1 fully saturated rings. The number of alkyl halides is 2. The summed E-state index contributed by atoms with van der Waals surface area (Å²) in [5.74, 6) is 1.01. The Hall–Kier alpha value is -2.19. The Balaban J connectivity index is 1.53. The maximum atomic E-state index is 12.5. The third kappa shape index (κ3) is 3.80. The predicted octanol–water partition coefficient (Wildman–Crippen LogP) is 5.88. The number of hydrazone groups is 1. The van der Waals surface area contributed by atoms with Crippen molar-refractivity contribution < 1.29 is 23.0 Å². The zero-order valence-corrected chi connectivity index (χ0v) is 18.9. The van der Waals surface area contributed by atoms with E-state index in [1.165, 1.54) is 0 Å². The Kier molecular flexibility index (Phi) is 4.97. The highest BCUT2D eigenvalue weighted by Gasteiger charge is 2.54. The Morgan fingerprint density at radius 3 is 2.68 bits per heavy atom. The molecule has 3 aliphatic rings. The molecule has 0 aliphatic carbocycles. The number of halogens is 3. The molecule has 8 heteroatoms. The van der Waals surface area contributed by atoms with E-state index in [0.29, 0.717) is 25.9 Å². The number of rotatable bonds is 3. The molecule has 1 spiro atoms. The van der Waals surface area contributed by atoms with Crippen molar-refractivity contribution in [1.82, 2.24) is 5.01 Å². The summed E-state index contributed by atoms with van der Waals surface area (Å²) in [6.45, 7) is 1.90. The summed E-state index contributed by atoms with van der Waals surface area (Å²) in [7, 11) is 0. The van der Waals surface area contributed by atoms with Crippen LogP contribution in [0.25, 0.3) is 0 Å². The first-order valence-electron chi connectivity index (χ1n) is 10.3. The van der Waals surface area contributed by atoms with Gasteiger partial charge in [-0.2, -0.15) is 13.9 Å². The van der Waals surface area contributed by atoms with Crippen LogP contribution < -0.4 is 9.47 Å². The highest BCUT2D eigenvalue weighted by molar-refractivity contribution is 9.10. The lowest BCUT2D eigenvalue weighted by atomic mass is 9.86. The van der Waals surface area contributed by atoms with Crippen molar-refractivity contribution in [2.24, 2.45) is 5.10 Å². The zero-order chi connectivity index (χ0) is 21.8.